The zero-order valence-electron chi connectivity index (χ0n) is 13.3. The molecular formula is C17H17LiN4O3. The SMILES string of the molecule is CNC(=O)c1cc(C(=O)O)cc(Cc2cnc(C)c3[nH]ccc23)n1.[LiH]. The monoisotopic (exact) mass is 332 g/mol. The van der Waals surface area contributed by atoms with Crippen molar-refractivity contribution in [2.75, 3.05) is 7.05 Å². The number of carboxylic acid groups (broad SMARTS) is 1. The predicted molar refractivity (Wildman–Crippen MR) is 95.4 cm³/mol. The molecule has 7 nitrogen and oxygen atoms in total. The number of hydrogen-bond acceptors (Lipinski definition) is 4. The summed E-state index contributed by atoms with van der Waals surface area (Å²) in [6.45, 7) is 1.91. The van der Waals surface area contributed by atoms with Gasteiger partial charge in [-0.2, -0.15) is 0 Å². The summed E-state index contributed by atoms with van der Waals surface area (Å²) in [5, 5.41) is 12.7. The van der Waals surface area contributed by atoms with Crippen molar-refractivity contribution in [1.29, 1.82) is 0 Å². The van der Waals surface area contributed by atoms with E-state index in [1.807, 2.05) is 19.2 Å². The summed E-state index contributed by atoms with van der Waals surface area (Å²) < 4.78 is 0. The fourth-order valence-corrected chi connectivity index (χ4v) is 2.63. The standard InChI is InChI=1S/C17H16N4O3.Li.H/c1-9-15-13(3-4-19-15)11(8-20-9)6-12-5-10(17(23)24)7-14(21-12)16(22)18-2;;/h3-5,7-8,19H,6H2,1-2H3,(H,18,22)(H,23,24);;. The first-order chi connectivity index (χ1) is 11.5. The van der Waals surface area contributed by atoms with Crippen LogP contribution >= 0.6 is 0 Å². The van der Waals surface area contributed by atoms with Gasteiger partial charge >= 0.3 is 24.8 Å². The molecule has 0 radical (unpaired) electrons. The Labute approximate surface area is 156 Å². The van der Waals surface area contributed by atoms with Crippen LogP contribution in [-0.4, -0.2) is 57.8 Å². The maximum atomic E-state index is 11.8. The Balaban J connectivity index is 0.00000225. The summed E-state index contributed by atoms with van der Waals surface area (Å²) in [6.07, 6.45) is 3.97. The van der Waals surface area contributed by atoms with Crippen molar-refractivity contribution in [1.82, 2.24) is 20.3 Å². The van der Waals surface area contributed by atoms with Gasteiger partial charge in [0.15, 0.2) is 0 Å². The fraction of sp³-hybridized carbons (Fsp3) is 0.176. The molecule has 25 heavy (non-hydrogen) atoms. The molecule has 0 atom stereocenters. The number of carboxylic acids is 1. The topological polar surface area (TPSA) is 108 Å². The number of fused-ring (bicyclic) bond motifs is 1. The Kier molecular flexibility index (Phi) is 5.62. The van der Waals surface area contributed by atoms with Crippen molar-refractivity contribution < 1.29 is 14.7 Å². The summed E-state index contributed by atoms with van der Waals surface area (Å²) in [5.41, 5.74) is 3.35. The summed E-state index contributed by atoms with van der Waals surface area (Å²) in [6, 6.07) is 4.69. The van der Waals surface area contributed by atoms with E-state index in [1.54, 1.807) is 6.20 Å². The third-order valence-corrected chi connectivity index (χ3v) is 3.83. The molecule has 3 N–H and O–H groups in total. The van der Waals surface area contributed by atoms with Gasteiger partial charge in [-0.05, 0) is 30.7 Å². The Hall–Kier alpha value is -2.62. The zero-order valence-corrected chi connectivity index (χ0v) is 13.3. The molecule has 0 aliphatic heterocycles. The average molecular weight is 332 g/mol. The summed E-state index contributed by atoms with van der Waals surface area (Å²) >= 11 is 0. The van der Waals surface area contributed by atoms with Gasteiger partial charge in [0.25, 0.3) is 5.91 Å². The number of nitrogens with zero attached hydrogens (tertiary/aromatic N) is 2. The Morgan fingerprint density at radius 1 is 1.32 bits per heavy atom. The molecule has 0 saturated carbocycles. The summed E-state index contributed by atoms with van der Waals surface area (Å²) in [5.74, 6) is -1.52. The van der Waals surface area contributed by atoms with E-state index < -0.39 is 11.9 Å². The first kappa shape index (κ1) is 18.7. The van der Waals surface area contributed by atoms with Gasteiger partial charge in [-0.3, -0.25) is 9.78 Å². The molecule has 0 aromatic carbocycles. The molecule has 0 fully saturated rings. The van der Waals surface area contributed by atoms with E-state index in [-0.39, 0.29) is 30.1 Å². The van der Waals surface area contributed by atoms with Crippen LogP contribution in [0.2, 0.25) is 0 Å². The number of nitrogens with one attached hydrogen (secondary N) is 2. The number of pyridine rings is 2. The molecule has 0 aliphatic carbocycles. The number of amides is 1. The first-order valence-corrected chi connectivity index (χ1v) is 7.37. The number of rotatable bonds is 4. The molecule has 0 spiro atoms. The van der Waals surface area contributed by atoms with Crippen LogP contribution in [0.3, 0.4) is 0 Å². The Morgan fingerprint density at radius 3 is 2.76 bits per heavy atom. The molecule has 3 heterocycles. The minimum atomic E-state index is -1.10. The van der Waals surface area contributed by atoms with E-state index in [0.717, 1.165) is 22.2 Å². The Bertz CT molecular complexity index is 952. The number of aromatic nitrogens is 3. The van der Waals surface area contributed by atoms with Crippen molar-refractivity contribution in [3.8, 4) is 0 Å². The number of aromatic amines is 1. The summed E-state index contributed by atoms with van der Waals surface area (Å²) in [4.78, 5) is 34.9. The van der Waals surface area contributed by atoms with Crippen LogP contribution in [0.4, 0.5) is 0 Å². The number of aromatic carboxylic acids is 1. The van der Waals surface area contributed by atoms with Gasteiger partial charge in [0, 0.05) is 36.9 Å². The second-order valence-electron chi connectivity index (χ2n) is 5.43. The third-order valence-electron chi connectivity index (χ3n) is 3.83. The van der Waals surface area contributed by atoms with Crippen molar-refractivity contribution in [2.24, 2.45) is 0 Å². The molecule has 1 amide bonds. The van der Waals surface area contributed by atoms with Crippen LogP contribution in [-0.2, 0) is 6.42 Å². The molecule has 3 rings (SSSR count). The van der Waals surface area contributed by atoms with Gasteiger partial charge in [-0.15, -0.1) is 0 Å². The van der Waals surface area contributed by atoms with Crippen LogP contribution in [0.25, 0.3) is 10.9 Å². The molecule has 8 heteroatoms. The summed E-state index contributed by atoms with van der Waals surface area (Å²) in [7, 11) is 1.48. The fourth-order valence-electron chi connectivity index (χ4n) is 2.63. The van der Waals surface area contributed by atoms with Crippen molar-refractivity contribution in [3.63, 3.8) is 0 Å². The van der Waals surface area contributed by atoms with E-state index in [4.69, 9.17) is 0 Å². The molecule has 124 valence electrons. The molecule has 0 bridgehead atoms. The van der Waals surface area contributed by atoms with Crippen molar-refractivity contribution in [3.05, 3.63) is 58.8 Å². The van der Waals surface area contributed by atoms with E-state index in [0.29, 0.717) is 12.1 Å². The van der Waals surface area contributed by atoms with Gasteiger partial charge in [0.05, 0.1) is 16.8 Å². The third kappa shape index (κ3) is 3.73. The van der Waals surface area contributed by atoms with Crippen LogP contribution in [0, 0.1) is 6.92 Å². The van der Waals surface area contributed by atoms with Crippen LogP contribution in [0.15, 0.2) is 30.6 Å². The Morgan fingerprint density at radius 2 is 2.08 bits per heavy atom. The van der Waals surface area contributed by atoms with Crippen LogP contribution < -0.4 is 5.32 Å². The number of H-pyrrole nitrogens is 1. The second-order valence-corrected chi connectivity index (χ2v) is 5.43. The first-order valence-electron chi connectivity index (χ1n) is 7.37. The van der Waals surface area contributed by atoms with Gasteiger partial charge in [0.2, 0.25) is 0 Å². The van der Waals surface area contributed by atoms with Crippen LogP contribution in [0.1, 0.15) is 37.8 Å². The molecule has 3 aromatic rings. The van der Waals surface area contributed by atoms with E-state index >= 15 is 0 Å². The van der Waals surface area contributed by atoms with Gasteiger partial charge < -0.3 is 15.4 Å². The van der Waals surface area contributed by atoms with E-state index in [2.05, 4.69) is 20.3 Å². The number of aryl methyl sites for hydroxylation is 1. The second kappa shape index (κ2) is 7.51. The maximum absolute atomic E-state index is 11.8. The molecular weight excluding hydrogens is 315 g/mol. The van der Waals surface area contributed by atoms with Crippen LogP contribution in [0.5, 0.6) is 0 Å². The van der Waals surface area contributed by atoms with Gasteiger partial charge in [0.1, 0.15) is 5.69 Å². The molecule has 0 saturated heterocycles. The predicted octanol–water partition coefficient (Wildman–Crippen LogP) is 1.27. The van der Waals surface area contributed by atoms with E-state index in [1.165, 1.54) is 19.2 Å². The zero-order chi connectivity index (χ0) is 17.3. The average Bonchev–Trinajstić information content (AvgIpc) is 3.07. The number of hydrogen-bond donors (Lipinski definition) is 3. The molecule has 0 unspecified atom stereocenters. The van der Waals surface area contributed by atoms with E-state index in [9.17, 15) is 14.7 Å². The van der Waals surface area contributed by atoms with Crippen molar-refractivity contribution >= 4 is 41.6 Å². The van der Waals surface area contributed by atoms with Gasteiger partial charge in [-0.1, -0.05) is 0 Å². The number of carbonyl (C=O) groups is 2. The van der Waals surface area contributed by atoms with Crippen molar-refractivity contribution in [2.45, 2.75) is 13.3 Å². The quantitative estimate of drug-likeness (QED) is 0.624. The molecule has 3 aromatic heterocycles. The molecule has 0 aliphatic rings. The minimum absolute atomic E-state index is 0. The number of carbonyl (C=O) groups excluding carboxylic acids is 1. The van der Waals surface area contributed by atoms with Gasteiger partial charge in [-0.25, -0.2) is 9.78 Å². The normalized spacial score (nSPS) is 10.3.